The molecule has 0 bridgehead atoms. The molecule has 2 aliphatic heterocycles. The SMILES string of the molecule is CCN1CCCC(c2nn(-c3cccc(Cl)c3Cl)c3c2CCCCN3)C1. The van der Waals surface area contributed by atoms with Crippen LogP contribution in [0.4, 0.5) is 5.82 Å². The molecule has 2 aliphatic rings. The van der Waals surface area contributed by atoms with Crippen LogP contribution >= 0.6 is 23.2 Å². The molecule has 26 heavy (non-hydrogen) atoms. The summed E-state index contributed by atoms with van der Waals surface area (Å²) in [5, 5.41) is 9.82. The van der Waals surface area contributed by atoms with Crippen molar-refractivity contribution >= 4 is 29.0 Å². The highest BCUT2D eigenvalue weighted by atomic mass is 35.5. The van der Waals surface area contributed by atoms with Crippen molar-refractivity contribution in [1.82, 2.24) is 14.7 Å². The third kappa shape index (κ3) is 3.35. The Labute approximate surface area is 165 Å². The molecule has 6 heteroatoms. The molecule has 140 valence electrons. The van der Waals surface area contributed by atoms with E-state index in [-0.39, 0.29) is 0 Å². The third-order valence-corrected chi connectivity index (χ3v) is 6.47. The number of anilines is 1. The number of benzene rings is 1. The predicted octanol–water partition coefficient (Wildman–Crippen LogP) is 5.13. The topological polar surface area (TPSA) is 33.1 Å². The van der Waals surface area contributed by atoms with Crippen LogP contribution in [0.25, 0.3) is 5.69 Å². The number of likely N-dealkylation sites (N-methyl/N-ethyl adjacent to an activating group) is 1. The molecule has 1 atom stereocenters. The van der Waals surface area contributed by atoms with Gasteiger partial charge in [-0.3, -0.25) is 0 Å². The number of nitrogens with zero attached hydrogens (tertiary/aromatic N) is 3. The van der Waals surface area contributed by atoms with Crippen LogP contribution in [0, 0.1) is 0 Å². The molecule has 1 N–H and O–H groups in total. The predicted molar refractivity (Wildman–Crippen MR) is 109 cm³/mol. The highest BCUT2D eigenvalue weighted by Crippen LogP contribution is 2.38. The molecule has 1 unspecified atom stereocenters. The Bertz CT molecular complexity index is 786. The minimum absolute atomic E-state index is 0.497. The average Bonchev–Trinajstić information content (AvgIpc) is 2.85. The fourth-order valence-corrected chi connectivity index (χ4v) is 4.63. The fourth-order valence-electron chi connectivity index (χ4n) is 4.25. The number of hydrogen-bond donors (Lipinski definition) is 1. The fraction of sp³-hybridized carbons (Fsp3) is 0.550. The molecular formula is C20H26Cl2N4. The zero-order chi connectivity index (χ0) is 18.1. The average molecular weight is 393 g/mol. The maximum absolute atomic E-state index is 6.52. The van der Waals surface area contributed by atoms with Crippen molar-refractivity contribution in [3.8, 4) is 5.69 Å². The monoisotopic (exact) mass is 392 g/mol. The van der Waals surface area contributed by atoms with Gasteiger partial charge in [-0.1, -0.05) is 36.2 Å². The molecule has 0 amide bonds. The van der Waals surface area contributed by atoms with Crippen LogP contribution in [0.5, 0.6) is 0 Å². The molecule has 1 aromatic carbocycles. The Morgan fingerprint density at radius 1 is 1.23 bits per heavy atom. The number of aromatic nitrogens is 2. The Kier molecular flexibility index (Phi) is 5.44. The van der Waals surface area contributed by atoms with Crippen LogP contribution in [0.15, 0.2) is 18.2 Å². The first-order chi connectivity index (χ1) is 12.7. The Hall–Kier alpha value is -1.23. The molecule has 0 aliphatic carbocycles. The van der Waals surface area contributed by atoms with Gasteiger partial charge in [0.05, 0.1) is 21.4 Å². The van der Waals surface area contributed by atoms with Crippen molar-refractivity contribution in [2.75, 3.05) is 31.5 Å². The third-order valence-electron chi connectivity index (χ3n) is 5.66. The van der Waals surface area contributed by atoms with Gasteiger partial charge in [0.2, 0.25) is 0 Å². The molecule has 4 rings (SSSR count). The molecule has 3 heterocycles. The largest absolute Gasteiger partial charge is 0.370 e. The Morgan fingerprint density at radius 2 is 2.12 bits per heavy atom. The van der Waals surface area contributed by atoms with Gasteiger partial charge >= 0.3 is 0 Å². The Morgan fingerprint density at radius 3 is 2.96 bits per heavy atom. The van der Waals surface area contributed by atoms with Crippen LogP contribution in [0.1, 0.15) is 49.8 Å². The highest BCUT2D eigenvalue weighted by molar-refractivity contribution is 6.43. The summed E-state index contributed by atoms with van der Waals surface area (Å²) < 4.78 is 2.00. The molecular weight excluding hydrogens is 367 g/mol. The van der Waals surface area contributed by atoms with E-state index in [9.17, 15) is 0 Å². The van der Waals surface area contributed by atoms with Gasteiger partial charge in [-0.2, -0.15) is 5.10 Å². The van der Waals surface area contributed by atoms with E-state index in [1.54, 1.807) is 0 Å². The van der Waals surface area contributed by atoms with Gasteiger partial charge in [0.1, 0.15) is 5.82 Å². The summed E-state index contributed by atoms with van der Waals surface area (Å²) in [7, 11) is 0. The lowest BCUT2D eigenvalue weighted by Gasteiger charge is -2.31. The number of hydrogen-bond acceptors (Lipinski definition) is 3. The van der Waals surface area contributed by atoms with Gasteiger partial charge in [-0.05, 0) is 57.3 Å². The van der Waals surface area contributed by atoms with E-state index < -0.39 is 0 Å². The number of rotatable bonds is 3. The number of piperidine rings is 1. The number of halogens is 2. The molecule has 0 spiro atoms. The minimum Gasteiger partial charge on any atom is -0.370 e. The van der Waals surface area contributed by atoms with Crippen LogP contribution in [-0.4, -0.2) is 40.9 Å². The zero-order valence-corrected chi connectivity index (χ0v) is 16.8. The zero-order valence-electron chi connectivity index (χ0n) is 15.3. The minimum atomic E-state index is 0.497. The number of likely N-dealkylation sites (tertiary alicyclic amines) is 1. The normalized spacial score (nSPS) is 21.1. The van der Waals surface area contributed by atoms with Gasteiger partial charge in [0.25, 0.3) is 0 Å². The van der Waals surface area contributed by atoms with E-state index in [2.05, 4.69) is 17.1 Å². The van der Waals surface area contributed by atoms with Crippen molar-refractivity contribution in [2.45, 2.75) is 44.9 Å². The van der Waals surface area contributed by atoms with Crippen molar-refractivity contribution in [3.63, 3.8) is 0 Å². The van der Waals surface area contributed by atoms with Gasteiger partial charge < -0.3 is 10.2 Å². The van der Waals surface area contributed by atoms with E-state index in [4.69, 9.17) is 28.3 Å². The smallest absolute Gasteiger partial charge is 0.133 e. The second-order valence-corrected chi connectivity index (χ2v) is 8.10. The summed E-state index contributed by atoms with van der Waals surface area (Å²) in [4.78, 5) is 2.54. The summed E-state index contributed by atoms with van der Waals surface area (Å²) in [6, 6.07) is 5.76. The van der Waals surface area contributed by atoms with E-state index in [0.29, 0.717) is 16.0 Å². The standard InChI is InChI=1S/C20H26Cl2N4/c1-2-25-12-6-7-14(13-25)19-15-8-3-4-11-23-20(15)26(24-19)17-10-5-9-16(21)18(17)22/h5,9-10,14,23H,2-4,6-8,11-13H2,1H3. The summed E-state index contributed by atoms with van der Waals surface area (Å²) in [6.07, 6.45) is 5.92. The highest BCUT2D eigenvalue weighted by Gasteiger charge is 2.29. The first kappa shape index (κ1) is 18.1. The van der Waals surface area contributed by atoms with E-state index >= 15 is 0 Å². The van der Waals surface area contributed by atoms with Crippen molar-refractivity contribution in [3.05, 3.63) is 39.5 Å². The van der Waals surface area contributed by atoms with Gasteiger partial charge in [0, 0.05) is 24.6 Å². The van der Waals surface area contributed by atoms with Crippen molar-refractivity contribution < 1.29 is 0 Å². The molecule has 0 saturated carbocycles. The summed E-state index contributed by atoms with van der Waals surface area (Å²) in [5.74, 6) is 1.60. The van der Waals surface area contributed by atoms with E-state index in [1.165, 1.54) is 43.5 Å². The molecule has 1 fully saturated rings. The van der Waals surface area contributed by atoms with E-state index in [1.807, 2.05) is 22.9 Å². The molecule has 1 saturated heterocycles. The van der Waals surface area contributed by atoms with Gasteiger partial charge in [0.15, 0.2) is 0 Å². The van der Waals surface area contributed by atoms with Crippen molar-refractivity contribution in [1.29, 1.82) is 0 Å². The van der Waals surface area contributed by atoms with Crippen LogP contribution in [0.3, 0.4) is 0 Å². The maximum atomic E-state index is 6.52. The summed E-state index contributed by atoms with van der Waals surface area (Å²) in [5.41, 5.74) is 3.49. The van der Waals surface area contributed by atoms with Crippen LogP contribution in [-0.2, 0) is 6.42 Å². The van der Waals surface area contributed by atoms with Crippen molar-refractivity contribution in [2.24, 2.45) is 0 Å². The lowest BCUT2D eigenvalue weighted by atomic mass is 9.91. The summed E-state index contributed by atoms with van der Waals surface area (Å²) in [6.45, 7) is 6.63. The molecule has 4 nitrogen and oxygen atoms in total. The molecule has 0 radical (unpaired) electrons. The number of nitrogens with one attached hydrogen (secondary N) is 1. The second kappa shape index (κ2) is 7.79. The summed E-state index contributed by atoms with van der Waals surface area (Å²) >= 11 is 12.8. The van der Waals surface area contributed by atoms with Crippen LogP contribution in [0.2, 0.25) is 10.0 Å². The molecule has 1 aromatic heterocycles. The number of fused-ring (bicyclic) bond motifs is 1. The first-order valence-corrected chi connectivity index (χ1v) is 10.5. The Balaban J connectivity index is 1.80. The van der Waals surface area contributed by atoms with Gasteiger partial charge in [-0.15, -0.1) is 0 Å². The first-order valence-electron chi connectivity index (χ1n) is 9.71. The lowest BCUT2D eigenvalue weighted by Crippen LogP contribution is -2.34. The maximum Gasteiger partial charge on any atom is 0.133 e. The van der Waals surface area contributed by atoms with Gasteiger partial charge in [-0.25, -0.2) is 4.68 Å². The quantitative estimate of drug-likeness (QED) is 0.785. The molecule has 2 aromatic rings. The second-order valence-electron chi connectivity index (χ2n) is 7.31. The lowest BCUT2D eigenvalue weighted by molar-refractivity contribution is 0.215. The van der Waals surface area contributed by atoms with Crippen LogP contribution < -0.4 is 5.32 Å². The van der Waals surface area contributed by atoms with E-state index in [0.717, 1.165) is 37.6 Å².